The third-order valence-corrected chi connectivity index (χ3v) is 6.94. The third-order valence-electron chi connectivity index (χ3n) is 3.70. The molecule has 3 N–H and O–H groups in total. The van der Waals surface area contributed by atoms with Crippen molar-refractivity contribution in [3.05, 3.63) is 44.1 Å². The molecule has 168 valence electrons. The number of phenolic OH excluding ortho intramolecular Hbond substituents is 1. The minimum absolute atomic E-state index is 0.0931. The number of nitrogens with one attached hydrogen (secondary N) is 1. The second-order valence-electron chi connectivity index (χ2n) is 7.47. The number of alkyl carbamates (subject to hydrolysis) is 1. The van der Waals surface area contributed by atoms with Crippen LogP contribution in [0.5, 0.6) is 17.2 Å². The van der Waals surface area contributed by atoms with Crippen molar-refractivity contribution >= 4 is 102 Å². The van der Waals surface area contributed by atoms with E-state index in [1.807, 2.05) is 57.3 Å². The van der Waals surface area contributed by atoms with Gasteiger partial charge in [-0.25, -0.2) is 9.59 Å². The molecule has 0 aliphatic carbocycles. The summed E-state index contributed by atoms with van der Waals surface area (Å²) in [6.45, 7) is 5.13. The number of phenols is 1. The Balaban J connectivity index is 2.22. The maximum Gasteiger partial charge on any atom is 0.408 e. The molecule has 31 heavy (non-hydrogen) atoms. The van der Waals surface area contributed by atoms with Gasteiger partial charge in [-0.05, 0) is 141 Å². The highest BCUT2D eigenvalue weighted by Gasteiger charge is 2.25. The Hall–Kier alpha value is -0.300. The van der Waals surface area contributed by atoms with Gasteiger partial charge < -0.3 is 25.0 Å². The molecule has 2 aromatic rings. The number of hydrogen-bond acceptors (Lipinski definition) is 5. The Labute approximate surface area is 234 Å². The zero-order chi connectivity index (χ0) is 23.5. The molecule has 1 amide bonds. The number of ether oxygens (including phenoxy) is 2. The van der Waals surface area contributed by atoms with Crippen molar-refractivity contribution < 1.29 is 29.3 Å². The number of carboxylic acid groups (broad SMARTS) is 1. The fourth-order valence-corrected chi connectivity index (χ4v) is 6.26. The second kappa shape index (κ2) is 11.2. The first-order valence-corrected chi connectivity index (χ1v) is 13.1. The van der Waals surface area contributed by atoms with Crippen molar-refractivity contribution in [2.75, 3.05) is 0 Å². The van der Waals surface area contributed by atoms with Gasteiger partial charge in [0.25, 0.3) is 0 Å². The monoisotopic (exact) mass is 877 g/mol. The van der Waals surface area contributed by atoms with Crippen molar-refractivity contribution in [1.29, 1.82) is 0 Å². The largest absolute Gasteiger partial charge is 0.506 e. The van der Waals surface area contributed by atoms with Crippen LogP contribution in [0.3, 0.4) is 0 Å². The van der Waals surface area contributed by atoms with E-state index in [0.29, 0.717) is 18.6 Å². The highest BCUT2D eigenvalue weighted by molar-refractivity contribution is 14.1. The molecule has 0 heterocycles. The molecular weight excluding hydrogens is 858 g/mol. The normalized spacial score (nSPS) is 12.2. The summed E-state index contributed by atoms with van der Waals surface area (Å²) in [5.41, 5.74) is 0.0141. The lowest BCUT2D eigenvalue weighted by Crippen LogP contribution is -2.44. The van der Waals surface area contributed by atoms with Crippen LogP contribution >= 0.6 is 90.4 Å². The number of carboxylic acids is 1. The van der Waals surface area contributed by atoms with E-state index in [0.717, 1.165) is 12.7 Å². The lowest BCUT2D eigenvalue weighted by atomic mass is 10.1. The number of aromatic hydroxyl groups is 1. The fourth-order valence-electron chi connectivity index (χ4n) is 2.43. The topological polar surface area (TPSA) is 105 Å². The van der Waals surface area contributed by atoms with E-state index in [1.165, 1.54) is 0 Å². The van der Waals surface area contributed by atoms with Gasteiger partial charge in [-0.15, -0.1) is 0 Å². The maximum absolute atomic E-state index is 12.0. The van der Waals surface area contributed by atoms with Crippen LogP contribution < -0.4 is 10.1 Å². The summed E-state index contributed by atoms with van der Waals surface area (Å²) in [7, 11) is 0. The van der Waals surface area contributed by atoms with Gasteiger partial charge >= 0.3 is 12.1 Å². The number of rotatable bonds is 6. The van der Waals surface area contributed by atoms with Gasteiger partial charge in [-0.3, -0.25) is 0 Å². The van der Waals surface area contributed by atoms with Gasteiger partial charge in [0.2, 0.25) is 0 Å². The number of hydrogen-bond donors (Lipinski definition) is 3. The standard InChI is InChI=1S/C20H19I4NO6/c1-20(2,3)31-19(29)25-15(18(27)28)6-9-4-13(23)17(14(24)5-9)30-10-7-11(21)16(26)12(22)8-10/h4-5,7-8,15,26H,6H2,1-3H3,(H,25,29)(H,27,28)/t15-/m0/s1. The first-order valence-electron chi connectivity index (χ1n) is 8.83. The van der Waals surface area contributed by atoms with Crippen LogP contribution in [0.2, 0.25) is 0 Å². The van der Waals surface area contributed by atoms with Crippen LogP contribution in [0.4, 0.5) is 4.79 Å². The average Bonchev–Trinajstić information content (AvgIpc) is 2.60. The average molecular weight is 877 g/mol. The van der Waals surface area contributed by atoms with E-state index in [2.05, 4.69) is 50.5 Å². The van der Waals surface area contributed by atoms with Gasteiger partial charge in [0.15, 0.2) is 5.75 Å². The van der Waals surface area contributed by atoms with Crippen LogP contribution in [-0.2, 0) is 16.0 Å². The van der Waals surface area contributed by atoms with Crippen molar-refractivity contribution in [3.8, 4) is 17.2 Å². The molecule has 2 rings (SSSR count). The maximum atomic E-state index is 12.0. The molecular formula is C20H19I4NO6. The van der Waals surface area contributed by atoms with Gasteiger partial charge in [0.05, 0.1) is 14.3 Å². The Morgan fingerprint density at radius 1 is 1.00 bits per heavy atom. The molecule has 0 radical (unpaired) electrons. The van der Waals surface area contributed by atoms with E-state index >= 15 is 0 Å². The summed E-state index contributed by atoms with van der Waals surface area (Å²) in [5, 5.41) is 21.9. The Morgan fingerprint density at radius 3 is 1.97 bits per heavy atom. The zero-order valence-electron chi connectivity index (χ0n) is 16.6. The van der Waals surface area contributed by atoms with E-state index in [-0.39, 0.29) is 12.2 Å². The van der Waals surface area contributed by atoms with Crippen LogP contribution in [0, 0.1) is 14.3 Å². The Morgan fingerprint density at radius 2 is 1.52 bits per heavy atom. The summed E-state index contributed by atoms with van der Waals surface area (Å²) in [6.07, 6.45) is -0.684. The lowest BCUT2D eigenvalue weighted by Gasteiger charge is -2.22. The predicted octanol–water partition coefficient (Wildman–Crippen LogP) is 6.12. The molecule has 0 spiro atoms. The minimum atomic E-state index is -1.15. The number of amides is 1. The summed E-state index contributed by atoms with van der Waals surface area (Å²) in [4.78, 5) is 23.6. The molecule has 1 atom stereocenters. The van der Waals surface area contributed by atoms with Crippen molar-refractivity contribution in [2.24, 2.45) is 0 Å². The molecule has 0 bridgehead atoms. The van der Waals surface area contributed by atoms with Crippen molar-refractivity contribution in [1.82, 2.24) is 5.32 Å². The van der Waals surface area contributed by atoms with E-state index < -0.39 is 23.7 Å². The Kier molecular flexibility index (Phi) is 9.75. The third kappa shape index (κ3) is 8.21. The number of carbonyl (C=O) groups is 2. The highest BCUT2D eigenvalue weighted by atomic mass is 127. The van der Waals surface area contributed by atoms with Gasteiger partial charge in [0.1, 0.15) is 23.1 Å². The summed E-state index contributed by atoms with van der Waals surface area (Å²) >= 11 is 8.33. The minimum Gasteiger partial charge on any atom is -0.506 e. The number of halogens is 4. The van der Waals surface area contributed by atoms with E-state index in [4.69, 9.17) is 9.47 Å². The van der Waals surface area contributed by atoms with E-state index in [9.17, 15) is 19.8 Å². The van der Waals surface area contributed by atoms with Gasteiger partial charge in [-0.2, -0.15) is 0 Å². The molecule has 2 aromatic carbocycles. The summed E-state index contributed by atoms with van der Waals surface area (Å²) < 4.78 is 14.1. The van der Waals surface area contributed by atoms with Crippen LogP contribution in [0.1, 0.15) is 26.3 Å². The zero-order valence-corrected chi connectivity index (χ0v) is 25.3. The molecule has 11 heteroatoms. The van der Waals surface area contributed by atoms with Crippen LogP contribution in [-0.4, -0.2) is 33.9 Å². The second-order valence-corrected chi connectivity index (χ2v) is 12.1. The first kappa shape index (κ1) is 26.9. The molecule has 0 unspecified atom stereocenters. The molecule has 0 saturated carbocycles. The molecule has 0 fully saturated rings. The summed E-state index contributed by atoms with van der Waals surface area (Å²) in [5.74, 6) is 0.286. The quantitative estimate of drug-likeness (QED) is 0.303. The van der Waals surface area contributed by atoms with Crippen molar-refractivity contribution in [2.45, 2.75) is 38.8 Å². The smallest absolute Gasteiger partial charge is 0.408 e. The number of carbonyl (C=O) groups excluding carboxylic acids is 1. The number of aliphatic carboxylic acids is 1. The molecule has 0 aliphatic heterocycles. The van der Waals surface area contributed by atoms with Crippen LogP contribution in [0.15, 0.2) is 24.3 Å². The molecule has 0 aliphatic rings. The molecule has 0 aromatic heterocycles. The van der Waals surface area contributed by atoms with Gasteiger partial charge in [0, 0.05) is 6.42 Å². The van der Waals surface area contributed by atoms with Gasteiger partial charge in [-0.1, -0.05) is 0 Å². The highest BCUT2D eigenvalue weighted by Crippen LogP contribution is 2.37. The van der Waals surface area contributed by atoms with E-state index in [1.54, 1.807) is 32.9 Å². The molecule has 7 nitrogen and oxygen atoms in total. The fraction of sp³-hybridized carbons (Fsp3) is 0.300. The van der Waals surface area contributed by atoms with Crippen LogP contribution in [0.25, 0.3) is 0 Å². The van der Waals surface area contributed by atoms with Crippen molar-refractivity contribution in [3.63, 3.8) is 0 Å². The Bertz CT molecular complexity index is 960. The lowest BCUT2D eigenvalue weighted by molar-refractivity contribution is -0.139. The first-order chi connectivity index (χ1) is 14.3. The SMILES string of the molecule is CC(C)(C)OC(=O)N[C@@H](Cc1cc(I)c(Oc2cc(I)c(O)c(I)c2)c(I)c1)C(=O)O. The molecule has 0 saturated heterocycles. The number of benzene rings is 2. The predicted molar refractivity (Wildman–Crippen MR) is 150 cm³/mol. The summed E-state index contributed by atoms with van der Waals surface area (Å²) in [6, 6.07) is 5.99.